The van der Waals surface area contributed by atoms with Crippen LogP contribution in [0.3, 0.4) is 0 Å². The number of aryl methyl sites for hydroxylation is 2. The number of halogens is 2. The SMILES string of the molecule is Cc1ncnc2c1ccn2[C@@H]1C[C@H](Cc2ccc(F)cc2)[C@@H](O)[C@H]1O.Cc1ncnc2c1ccn2[C@@H]1C[C@H]([C@@H](O)c2ccc(F)cc2)[C@@H](O)[C@H]1O.[SH-]. The summed E-state index contributed by atoms with van der Waals surface area (Å²) in [6.07, 6.45) is 3.48. The fourth-order valence-corrected chi connectivity index (χ4v) is 7.77. The van der Waals surface area contributed by atoms with Crippen LogP contribution in [-0.2, 0) is 19.9 Å². The molecule has 2 aliphatic carbocycles. The van der Waals surface area contributed by atoms with Crippen LogP contribution in [-0.4, -0.2) is 79.0 Å². The molecule has 5 N–H and O–H groups in total. The van der Waals surface area contributed by atoms with Crippen molar-refractivity contribution >= 4 is 35.6 Å². The second-order valence-electron chi connectivity index (χ2n) is 13.7. The normalized spacial score (nSPS) is 26.2. The zero-order valence-electron chi connectivity index (χ0n) is 28.5. The lowest BCUT2D eigenvalue weighted by molar-refractivity contribution is -0.0264. The van der Waals surface area contributed by atoms with E-state index < -0.39 is 42.5 Å². The van der Waals surface area contributed by atoms with Crippen LogP contribution in [0.2, 0.25) is 0 Å². The molecule has 2 aromatic carbocycles. The summed E-state index contributed by atoms with van der Waals surface area (Å²) < 4.78 is 29.9. The smallest absolute Gasteiger partial charge is 0.143 e. The number of fused-ring (bicyclic) bond motifs is 2. The number of rotatable bonds is 6. The lowest BCUT2D eigenvalue weighted by Gasteiger charge is -2.22. The number of aliphatic hydroxyl groups is 5. The predicted octanol–water partition coefficient (Wildman–Crippen LogP) is 4.03. The van der Waals surface area contributed by atoms with Gasteiger partial charge in [-0.25, -0.2) is 28.7 Å². The molecule has 2 aliphatic rings. The minimum absolute atomic E-state index is 0. The Kier molecular flexibility index (Phi) is 11.1. The second-order valence-corrected chi connectivity index (χ2v) is 13.7. The number of aliphatic hydroxyl groups excluding tert-OH is 5. The van der Waals surface area contributed by atoms with Crippen molar-refractivity contribution in [2.75, 3.05) is 0 Å². The Balaban J connectivity index is 0.000000175. The van der Waals surface area contributed by atoms with Gasteiger partial charge in [0.2, 0.25) is 0 Å². The number of nitrogens with zero attached hydrogens (tertiary/aromatic N) is 6. The fourth-order valence-electron chi connectivity index (χ4n) is 7.77. The van der Waals surface area contributed by atoms with Gasteiger partial charge in [-0.1, -0.05) is 24.3 Å². The Morgan fingerprint density at radius 1 is 0.654 bits per heavy atom. The number of benzene rings is 2. The van der Waals surface area contributed by atoms with E-state index in [2.05, 4.69) is 19.9 Å². The monoisotopic (exact) mass is 731 g/mol. The van der Waals surface area contributed by atoms with Crippen LogP contribution in [0.5, 0.6) is 0 Å². The van der Waals surface area contributed by atoms with Crippen LogP contribution < -0.4 is 0 Å². The summed E-state index contributed by atoms with van der Waals surface area (Å²) in [4.78, 5) is 17.0. The Morgan fingerprint density at radius 3 is 1.67 bits per heavy atom. The van der Waals surface area contributed by atoms with E-state index in [1.165, 1.54) is 49.1 Å². The Morgan fingerprint density at radius 2 is 1.13 bits per heavy atom. The lowest BCUT2D eigenvalue weighted by Crippen LogP contribution is -2.31. The van der Waals surface area contributed by atoms with Gasteiger partial charge in [0, 0.05) is 29.1 Å². The summed E-state index contributed by atoms with van der Waals surface area (Å²) in [5, 5.41) is 54.6. The molecule has 14 heteroatoms. The summed E-state index contributed by atoms with van der Waals surface area (Å²) in [6.45, 7) is 3.81. The molecule has 0 bridgehead atoms. The van der Waals surface area contributed by atoms with Gasteiger partial charge in [-0.05, 0) is 86.6 Å². The first-order chi connectivity index (χ1) is 24.5. The van der Waals surface area contributed by atoms with E-state index in [9.17, 15) is 34.3 Å². The first-order valence-corrected chi connectivity index (χ1v) is 17.0. The maximum absolute atomic E-state index is 13.1. The number of aromatic nitrogens is 6. The molecule has 0 amide bonds. The Hall–Kier alpha value is -4.31. The van der Waals surface area contributed by atoms with Crippen LogP contribution in [0.1, 0.15) is 53.5 Å². The van der Waals surface area contributed by atoms with E-state index in [4.69, 9.17) is 0 Å². The highest BCUT2D eigenvalue weighted by Crippen LogP contribution is 2.43. The van der Waals surface area contributed by atoms with Crippen LogP contribution in [0, 0.1) is 37.3 Å². The number of thiol groups is 1. The predicted molar refractivity (Wildman–Crippen MR) is 193 cm³/mol. The molecule has 8 rings (SSSR count). The third kappa shape index (κ3) is 7.06. The second kappa shape index (κ2) is 15.3. The van der Waals surface area contributed by atoms with Gasteiger partial charge in [-0.2, -0.15) is 0 Å². The number of hydrogen-bond donors (Lipinski definition) is 5. The highest BCUT2D eigenvalue weighted by atomic mass is 32.1. The molecule has 4 heterocycles. The zero-order chi connectivity index (χ0) is 36.0. The zero-order valence-corrected chi connectivity index (χ0v) is 29.4. The highest BCUT2D eigenvalue weighted by molar-refractivity contribution is 7.37. The van der Waals surface area contributed by atoms with Crippen molar-refractivity contribution in [3.8, 4) is 0 Å². The molecule has 4 aromatic heterocycles. The van der Waals surface area contributed by atoms with E-state index in [0.29, 0.717) is 30.5 Å². The molecular formula is C38H41F2N6O5S-. The molecule has 2 saturated carbocycles. The van der Waals surface area contributed by atoms with Crippen molar-refractivity contribution in [1.82, 2.24) is 29.1 Å². The van der Waals surface area contributed by atoms with Gasteiger partial charge in [0.25, 0.3) is 0 Å². The van der Waals surface area contributed by atoms with Crippen molar-refractivity contribution < 1.29 is 34.3 Å². The van der Waals surface area contributed by atoms with E-state index in [1.54, 1.807) is 12.1 Å². The van der Waals surface area contributed by atoms with Crippen LogP contribution in [0.15, 0.2) is 85.7 Å². The van der Waals surface area contributed by atoms with Crippen LogP contribution in [0.25, 0.3) is 22.1 Å². The molecule has 0 saturated heterocycles. The van der Waals surface area contributed by atoms with Gasteiger partial charge in [0.05, 0.1) is 41.8 Å². The van der Waals surface area contributed by atoms with Crippen LogP contribution in [0.4, 0.5) is 8.78 Å². The van der Waals surface area contributed by atoms with Gasteiger partial charge < -0.3 is 48.2 Å². The molecule has 0 aliphatic heterocycles. The third-order valence-electron chi connectivity index (χ3n) is 10.6. The minimum atomic E-state index is -1.10. The van der Waals surface area contributed by atoms with Crippen molar-refractivity contribution in [2.45, 2.75) is 75.7 Å². The van der Waals surface area contributed by atoms with Crippen molar-refractivity contribution in [3.05, 3.63) is 120 Å². The third-order valence-corrected chi connectivity index (χ3v) is 10.6. The summed E-state index contributed by atoms with van der Waals surface area (Å²) in [6, 6.07) is 15.0. The average Bonchev–Trinajstić information content (AvgIpc) is 3.89. The van der Waals surface area contributed by atoms with E-state index in [-0.39, 0.29) is 37.1 Å². The Bertz CT molecular complexity index is 2130. The first-order valence-electron chi connectivity index (χ1n) is 17.0. The van der Waals surface area contributed by atoms with Crippen molar-refractivity contribution in [1.29, 1.82) is 0 Å². The van der Waals surface area contributed by atoms with E-state index in [0.717, 1.165) is 33.4 Å². The molecule has 274 valence electrons. The summed E-state index contributed by atoms with van der Waals surface area (Å²) in [5.74, 6) is -1.33. The van der Waals surface area contributed by atoms with E-state index >= 15 is 0 Å². The topological polar surface area (TPSA) is 163 Å². The molecule has 0 radical (unpaired) electrons. The Labute approximate surface area is 305 Å². The summed E-state index contributed by atoms with van der Waals surface area (Å²) >= 11 is 0. The maximum Gasteiger partial charge on any atom is 0.143 e. The van der Waals surface area contributed by atoms with Crippen LogP contribution >= 0.6 is 0 Å². The molecule has 6 aromatic rings. The lowest BCUT2D eigenvalue weighted by atomic mass is 9.92. The molecular weight excluding hydrogens is 691 g/mol. The van der Waals surface area contributed by atoms with Crippen molar-refractivity contribution in [2.24, 2.45) is 11.8 Å². The van der Waals surface area contributed by atoms with Gasteiger partial charge in [0.1, 0.15) is 47.8 Å². The molecule has 11 nitrogen and oxygen atoms in total. The summed E-state index contributed by atoms with van der Waals surface area (Å²) in [5.41, 5.74) is 4.65. The molecule has 0 unspecified atom stereocenters. The molecule has 0 spiro atoms. The molecule has 52 heavy (non-hydrogen) atoms. The fraction of sp³-hybridized carbons (Fsp3) is 0.368. The molecule has 9 atom stereocenters. The first kappa shape index (κ1) is 37.4. The van der Waals surface area contributed by atoms with Gasteiger partial charge in [-0.15, -0.1) is 0 Å². The number of hydrogen-bond acceptors (Lipinski definition) is 10. The highest BCUT2D eigenvalue weighted by Gasteiger charge is 2.46. The molecule has 2 fully saturated rings. The quantitative estimate of drug-likeness (QED) is 0.125. The standard InChI is InChI=1S/C19H20FN3O3.C19H20FN3O2.H2S/c1-10-13-6-7-23(19(13)22-9-21-10)15-8-14(17(25)18(15)26)16(24)11-2-4-12(20)5-3-11;1-11-15-6-7-23(19(15)22-10-21-11)16-9-13(17(24)18(16)25)8-12-2-4-14(20)5-3-12;/h2-7,9,14-18,24-26H,8H2,1H3;2-7,10,13,16-18,24-25H,8-9H2,1H3;1H2/p-1/t14-,15-,16+,17-,18+;13-,16+,17+,18-;/m10./s1. The average molecular weight is 732 g/mol. The minimum Gasteiger partial charge on any atom is -0.813 e. The van der Waals surface area contributed by atoms with Gasteiger partial charge in [-0.3, -0.25) is 0 Å². The van der Waals surface area contributed by atoms with Crippen molar-refractivity contribution in [3.63, 3.8) is 0 Å². The summed E-state index contributed by atoms with van der Waals surface area (Å²) in [7, 11) is 0. The van der Waals surface area contributed by atoms with Gasteiger partial charge >= 0.3 is 0 Å². The van der Waals surface area contributed by atoms with E-state index in [1.807, 2.05) is 47.5 Å². The van der Waals surface area contributed by atoms with Gasteiger partial charge in [0.15, 0.2) is 0 Å². The largest absolute Gasteiger partial charge is 0.813 e. The maximum atomic E-state index is 13.1.